The van der Waals surface area contributed by atoms with Crippen LogP contribution in [0.25, 0.3) is 0 Å². The van der Waals surface area contributed by atoms with E-state index in [1.165, 1.54) is 11.1 Å². The van der Waals surface area contributed by atoms with Gasteiger partial charge in [0, 0.05) is 17.0 Å². The van der Waals surface area contributed by atoms with Crippen molar-refractivity contribution < 1.29 is 4.74 Å². The van der Waals surface area contributed by atoms with Crippen molar-refractivity contribution in [3.63, 3.8) is 0 Å². The van der Waals surface area contributed by atoms with Gasteiger partial charge in [-0.15, -0.1) is 0 Å². The number of fused-ring (bicyclic) bond motifs is 1. The lowest BCUT2D eigenvalue weighted by Crippen LogP contribution is -2.34. The van der Waals surface area contributed by atoms with Gasteiger partial charge in [0.25, 0.3) is 0 Å². The summed E-state index contributed by atoms with van der Waals surface area (Å²) in [5, 5.41) is 0. The predicted octanol–water partition coefficient (Wildman–Crippen LogP) is 3.99. The van der Waals surface area contributed by atoms with Gasteiger partial charge >= 0.3 is 0 Å². The van der Waals surface area contributed by atoms with Crippen LogP contribution in [0, 0.1) is 0 Å². The Bertz CT molecular complexity index is 619. The number of ether oxygens (including phenoxy) is 1. The number of rotatable bonds is 3. The standard InChI is InChI=1S/C19H23NO/c1-19(2,15-10-4-3-5-11-15)18(20)16-12-6-8-14-9-7-13-21-17(14)16/h3-6,8,10-12,18H,7,9,13,20H2,1-2H3. The van der Waals surface area contributed by atoms with Crippen molar-refractivity contribution in [1.82, 2.24) is 0 Å². The second-order valence-electron chi connectivity index (χ2n) is 6.35. The molecule has 110 valence electrons. The largest absolute Gasteiger partial charge is 0.493 e. The average Bonchev–Trinajstić information content (AvgIpc) is 2.54. The van der Waals surface area contributed by atoms with E-state index in [9.17, 15) is 0 Å². The molecule has 0 radical (unpaired) electrons. The fraction of sp³-hybridized carbons (Fsp3) is 0.368. The van der Waals surface area contributed by atoms with Crippen LogP contribution in [0.15, 0.2) is 48.5 Å². The third-order valence-corrected chi connectivity index (χ3v) is 4.59. The van der Waals surface area contributed by atoms with Crippen LogP contribution >= 0.6 is 0 Å². The minimum Gasteiger partial charge on any atom is -0.493 e. The molecule has 3 rings (SSSR count). The molecule has 1 atom stereocenters. The summed E-state index contributed by atoms with van der Waals surface area (Å²) in [6.07, 6.45) is 2.18. The third kappa shape index (κ3) is 2.56. The van der Waals surface area contributed by atoms with Crippen LogP contribution in [0.5, 0.6) is 5.75 Å². The second-order valence-corrected chi connectivity index (χ2v) is 6.35. The number of nitrogens with two attached hydrogens (primary N) is 1. The Morgan fingerprint density at radius 2 is 1.81 bits per heavy atom. The zero-order valence-corrected chi connectivity index (χ0v) is 12.8. The number of benzene rings is 2. The van der Waals surface area contributed by atoms with Gasteiger partial charge < -0.3 is 10.5 Å². The highest BCUT2D eigenvalue weighted by Crippen LogP contribution is 2.41. The normalized spacial score (nSPS) is 16.0. The summed E-state index contributed by atoms with van der Waals surface area (Å²) in [5.41, 5.74) is 10.2. The number of hydrogen-bond donors (Lipinski definition) is 1. The summed E-state index contributed by atoms with van der Waals surface area (Å²) in [5.74, 6) is 1.01. The van der Waals surface area contributed by atoms with E-state index in [0.29, 0.717) is 0 Å². The molecular formula is C19H23NO. The van der Waals surface area contributed by atoms with Crippen LogP contribution in [-0.4, -0.2) is 6.61 Å². The maximum Gasteiger partial charge on any atom is 0.127 e. The van der Waals surface area contributed by atoms with Crippen LogP contribution in [0.2, 0.25) is 0 Å². The van der Waals surface area contributed by atoms with Crippen LogP contribution in [0.4, 0.5) is 0 Å². The summed E-state index contributed by atoms with van der Waals surface area (Å²) < 4.78 is 5.93. The lowest BCUT2D eigenvalue weighted by molar-refractivity contribution is 0.278. The van der Waals surface area contributed by atoms with E-state index in [-0.39, 0.29) is 11.5 Å². The van der Waals surface area contributed by atoms with Crippen molar-refractivity contribution in [1.29, 1.82) is 0 Å². The highest BCUT2D eigenvalue weighted by atomic mass is 16.5. The van der Waals surface area contributed by atoms with Crippen molar-refractivity contribution >= 4 is 0 Å². The molecular weight excluding hydrogens is 258 g/mol. The summed E-state index contributed by atoms with van der Waals surface area (Å²) in [6, 6.07) is 16.8. The highest BCUT2D eigenvalue weighted by molar-refractivity contribution is 5.46. The minimum absolute atomic E-state index is 0.0899. The molecule has 0 saturated carbocycles. The maximum atomic E-state index is 6.65. The van der Waals surface area contributed by atoms with Gasteiger partial charge in [0.2, 0.25) is 0 Å². The van der Waals surface area contributed by atoms with Gasteiger partial charge in [-0.3, -0.25) is 0 Å². The molecule has 1 aliphatic rings. The summed E-state index contributed by atoms with van der Waals surface area (Å²) in [7, 11) is 0. The lowest BCUT2D eigenvalue weighted by atomic mass is 9.75. The molecule has 1 unspecified atom stereocenters. The maximum absolute atomic E-state index is 6.65. The van der Waals surface area contributed by atoms with Crippen LogP contribution in [0.3, 0.4) is 0 Å². The first-order valence-electron chi connectivity index (χ1n) is 7.66. The molecule has 1 heterocycles. The van der Waals surface area contributed by atoms with Crippen molar-refractivity contribution in [2.75, 3.05) is 6.61 Å². The van der Waals surface area contributed by atoms with E-state index in [1.54, 1.807) is 0 Å². The SMILES string of the molecule is CC(C)(c1ccccc1)C(N)c1cccc2c1OCCC2. The fourth-order valence-corrected chi connectivity index (χ4v) is 3.10. The lowest BCUT2D eigenvalue weighted by Gasteiger charge is -2.34. The van der Waals surface area contributed by atoms with Crippen LogP contribution in [-0.2, 0) is 11.8 Å². The Kier molecular flexibility index (Phi) is 3.73. The van der Waals surface area contributed by atoms with Crippen molar-refractivity contribution in [3.8, 4) is 5.75 Å². The molecule has 2 heteroatoms. The van der Waals surface area contributed by atoms with Gasteiger partial charge in [-0.2, -0.15) is 0 Å². The van der Waals surface area contributed by atoms with Crippen molar-refractivity contribution in [3.05, 3.63) is 65.2 Å². The first-order valence-corrected chi connectivity index (χ1v) is 7.66. The minimum atomic E-state index is -0.142. The summed E-state index contributed by atoms with van der Waals surface area (Å²) in [4.78, 5) is 0. The molecule has 0 amide bonds. The van der Waals surface area contributed by atoms with Gasteiger partial charge in [-0.25, -0.2) is 0 Å². The van der Waals surface area contributed by atoms with E-state index < -0.39 is 0 Å². The summed E-state index contributed by atoms with van der Waals surface area (Å²) >= 11 is 0. The molecule has 0 saturated heterocycles. The Morgan fingerprint density at radius 1 is 1.05 bits per heavy atom. The molecule has 0 aromatic heterocycles. The van der Waals surface area contributed by atoms with Crippen LogP contribution in [0.1, 0.15) is 43.0 Å². The quantitative estimate of drug-likeness (QED) is 0.923. The van der Waals surface area contributed by atoms with Gasteiger partial charge in [-0.1, -0.05) is 62.4 Å². The van der Waals surface area contributed by atoms with E-state index in [2.05, 4.69) is 56.3 Å². The smallest absolute Gasteiger partial charge is 0.127 e. The Balaban J connectivity index is 2.01. The highest BCUT2D eigenvalue weighted by Gasteiger charge is 2.32. The molecule has 2 aromatic carbocycles. The van der Waals surface area contributed by atoms with E-state index in [0.717, 1.165) is 30.8 Å². The molecule has 0 aliphatic carbocycles. The van der Waals surface area contributed by atoms with Gasteiger partial charge in [0.05, 0.1) is 6.61 Å². The monoisotopic (exact) mass is 281 g/mol. The Hall–Kier alpha value is -1.80. The zero-order chi connectivity index (χ0) is 14.9. The summed E-state index contributed by atoms with van der Waals surface area (Å²) in [6.45, 7) is 5.20. The molecule has 0 bridgehead atoms. The third-order valence-electron chi connectivity index (χ3n) is 4.59. The van der Waals surface area contributed by atoms with Crippen molar-refractivity contribution in [2.24, 2.45) is 5.73 Å². The topological polar surface area (TPSA) is 35.2 Å². The van der Waals surface area contributed by atoms with Gasteiger partial charge in [0.1, 0.15) is 5.75 Å². The zero-order valence-electron chi connectivity index (χ0n) is 12.8. The number of para-hydroxylation sites is 1. The predicted molar refractivity (Wildman–Crippen MR) is 86.7 cm³/mol. The Morgan fingerprint density at radius 3 is 2.57 bits per heavy atom. The van der Waals surface area contributed by atoms with Crippen LogP contribution < -0.4 is 10.5 Å². The van der Waals surface area contributed by atoms with E-state index in [4.69, 9.17) is 10.5 Å². The second kappa shape index (κ2) is 5.53. The molecule has 2 aromatic rings. The van der Waals surface area contributed by atoms with E-state index in [1.807, 2.05) is 6.07 Å². The van der Waals surface area contributed by atoms with Gasteiger partial charge in [0.15, 0.2) is 0 Å². The molecule has 0 fully saturated rings. The molecule has 2 nitrogen and oxygen atoms in total. The van der Waals surface area contributed by atoms with Gasteiger partial charge in [-0.05, 0) is 24.0 Å². The fourth-order valence-electron chi connectivity index (χ4n) is 3.10. The number of hydrogen-bond acceptors (Lipinski definition) is 2. The molecule has 2 N–H and O–H groups in total. The number of aryl methyl sites for hydroxylation is 1. The first-order chi connectivity index (χ1) is 10.1. The average molecular weight is 281 g/mol. The van der Waals surface area contributed by atoms with E-state index >= 15 is 0 Å². The Labute approximate surface area is 126 Å². The van der Waals surface area contributed by atoms with Crippen molar-refractivity contribution in [2.45, 2.75) is 38.1 Å². The molecule has 21 heavy (non-hydrogen) atoms. The molecule has 0 spiro atoms. The molecule has 1 aliphatic heterocycles. The first kappa shape index (κ1) is 14.2.